The van der Waals surface area contributed by atoms with Crippen molar-refractivity contribution in [1.29, 1.82) is 0 Å². The van der Waals surface area contributed by atoms with Crippen LogP contribution < -0.4 is 15.4 Å². The van der Waals surface area contributed by atoms with E-state index in [2.05, 4.69) is 30.5 Å². The van der Waals surface area contributed by atoms with Gasteiger partial charge in [-0.3, -0.25) is 0 Å². The summed E-state index contributed by atoms with van der Waals surface area (Å²) in [6.45, 7) is 4.18. The van der Waals surface area contributed by atoms with E-state index in [1.54, 1.807) is 0 Å². The number of hydrogen-bond donors (Lipinski definition) is 2. The fourth-order valence-corrected chi connectivity index (χ4v) is 3.27. The Morgan fingerprint density at radius 3 is 2.78 bits per heavy atom. The maximum absolute atomic E-state index is 6.04. The zero-order valence-corrected chi connectivity index (χ0v) is 14.7. The summed E-state index contributed by atoms with van der Waals surface area (Å²) < 4.78 is 6.04. The monoisotopic (exact) mass is 346 g/mol. The Kier molecular flexibility index (Phi) is 4.46. The summed E-state index contributed by atoms with van der Waals surface area (Å²) in [5.74, 6) is 0.909. The zero-order chi connectivity index (χ0) is 16.4. The highest BCUT2D eigenvalue weighted by molar-refractivity contribution is 7.80. The average Bonchev–Trinajstić information content (AvgIpc) is 2.46. The Morgan fingerprint density at radius 1 is 1.22 bits per heavy atom. The number of nitrogens with one attached hydrogen (secondary N) is 2. The van der Waals surface area contributed by atoms with Crippen molar-refractivity contribution in [3.8, 4) is 5.75 Å². The summed E-state index contributed by atoms with van der Waals surface area (Å²) in [4.78, 5) is 0. The molecule has 5 heteroatoms. The fraction of sp³-hybridized carbons (Fsp3) is 0.278. The van der Waals surface area contributed by atoms with Crippen molar-refractivity contribution >= 4 is 34.6 Å². The van der Waals surface area contributed by atoms with Crippen LogP contribution in [0.15, 0.2) is 48.5 Å². The minimum Gasteiger partial charge on any atom is -0.487 e. The zero-order valence-electron chi connectivity index (χ0n) is 13.1. The van der Waals surface area contributed by atoms with Gasteiger partial charge in [0.2, 0.25) is 0 Å². The van der Waals surface area contributed by atoms with Crippen LogP contribution in [0.2, 0.25) is 5.02 Å². The quantitative estimate of drug-likeness (QED) is 0.755. The molecule has 3 nitrogen and oxygen atoms in total. The predicted molar refractivity (Wildman–Crippen MR) is 99.3 cm³/mol. The van der Waals surface area contributed by atoms with Gasteiger partial charge in [0.1, 0.15) is 11.4 Å². The van der Waals surface area contributed by atoms with Crippen LogP contribution in [0.25, 0.3) is 0 Å². The van der Waals surface area contributed by atoms with Crippen LogP contribution in [-0.4, -0.2) is 10.7 Å². The van der Waals surface area contributed by atoms with Crippen LogP contribution in [0, 0.1) is 0 Å². The standard InChI is InChI=1S/C18H19ClN2OS/c1-18(2)11-15(14-8-3-4-9-16(14)22-18)21-17(23)20-13-7-5-6-12(19)10-13/h3-10,15H,11H2,1-2H3,(H2,20,21,23)/t15-/m0/s1. The van der Waals surface area contributed by atoms with Crippen LogP contribution >= 0.6 is 23.8 Å². The maximum atomic E-state index is 6.04. The molecule has 0 spiro atoms. The molecular formula is C18H19ClN2OS. The van der Waals surface area contributed by atoms with Crippen molar-refractivity contribution in [2.24, 2.45) is 0 Å². The Balaban J connectivity index is 1.75. The van der Waals surface area contributed by atoms with Crippen molar-refractivity contribution in [3.63, 3.8) is 0 Å². The van der Waals surface area contributed by atoms with E-state index in [0.29, 0.717) is 10.1 Å². The lowest BCUT2D eigenvalue weighted by Gasteiger charge is -2.38. The molecule has 0 aliphatic carbocycles. The highest BCUT2D eigenvalue weighted by Gasteiger charge is 2.33. The van der Waals surface area contributed by atoms with Crippen molar-refractivity contribution < 1.29 is 4.74 Å². The first kappa shape index (κ1) is 16.1. The van der Waals surface area contributed by atoms with E-state index < -0.39 is 0 Å². The normalized spacial score (nSPS) is 18.5. The first-order chi connectivity index (χ1) is 10.9. The van der Waals surface area contributed by atoms with Crippen molar-refractivity contribution in [3.05, 3.63) is 59.1 Å². The molecule has 1 atom stereocenters. The lowest BCUT2D eigenvalue weighted by molar-refractivity contribution is 0.0697. The molecule has 0 saturated heterocycles. The molecule has 0 amide bonds. The largest absolute Gasteiger partial charge is 0.487 e. The second-order valence-electron chi connectivity index (χ2n) is 6.27. The highest BCUT2D eigenvalue weighted by atomic mass is 35.5. The molecule has 0 aromatic heterocycles. The molecule has 0 fully saturated rings. The number of anilines is 1. The van der Waals surface area contributed by atoms with Crippen LogP contribution in [0.3, 0.4) is 0 Å². The van der Waals surface area contributed by atoms with Crippen LogP contribution in [-0.2, 0) is 0 Å². The lowest BCUT2D eigenvalue weighted by atomic mass is 9.90. The van der Waals surface area contributed by atoms with E-state index >= 15 is 0 Å². The van der Waals surface area contributed by atoms with Crippen LogP contribution in [0.4, 0.5) is 5.69 Å². The van der Waals surface area contributed by atoms with E-state index in [1.165, 1.54) is 0 Å². The Morgan fingerprint density at radius 2 is 2.00 bits per heavy atom. The maximum Gasteiger partial charge on any atom is 0.171 e. The summed E-state index contributed by atoms with van der Waals surface area (Å²) in [6.07, 6.45) is 0.835. The first-order valence-corrected chi connectivity index (χ1v) is 8.33. The van der Waals surface area contributed by atoms with E-state index in [9.17, 15) is 0 Å². The van der Waals surface area contributed by atoms with Crippen molar-refractivity contribution in [2.45, 2.75) is 31.9 Å². The number of benzene rings is 2. The van der Waals surface area contributed by atoms with Crippen LogP contribution in [0.5, 0.6) is 5.75 Å². The predicted octanol–water partition coefficient (Wildman–Crippen LogP) is 4.93. The number of rotatable bonds is 2. The van der Waals surface area contributed by atoms with E-state index in [-0.39, 0.29) is 11.6 Å². The summed E-state index contributed by atoms with van der Waals surface area (Å²) >= 11 is 11.5. The summed E-state index contributed by atoms with van der Waals surface area (Å²) in [6, 6.07) is 15.7. The number of thiocarbonyl (C=S) groups is 1. The minimum atomic E-state index is -0.238. The van der Waals surface area contributed by atoms with E-state index in [4.69, 9.17) is 28.6 Å². The number of hydrogen-bond acceptors (Lipinski definition) is 2. The third-order valence-corrected chi connectivity index (χ3v) is 4.22. The molecule has 0 radical (unpaired) electrons. The van der Waals surface area contributed by atoms with E-state index in [0.717, 1.165) is 23.4 Å². The molecule has 1 aliphatic heterocycles. The van der Waals surface area contributed by atoms with Gasteiger partial charge in [-0.15, -0.1) is 0 Å². The number of ether oxygens (including phenoxy) is 1. The first-order valence-electron chi connectivity index (χ1n) is 7.54. The van der Waals surface area contributed by atoms with Gasteiger partial charge in [0.05, 0.1) is 6.04 Å². The molecule has 3 rings (SSSR count). The molecule has 1 aliphatic rings. The van der Waals surface area contributed by atoms with Gasteiger partial charge in [-0.1, -0.05) is 35.9 Å². The van der Waals surface area contributed by atoms with Crippen LogP contribution in [0.1, 0.15) is 31.9 Å². The Bertz CT molecular complexity index is 732. The van der Waals surface area contributed by atoms with E-state index in [1.807, 2.05) is 42.5 Å². The minimum absolute atomic E-state index is 0.106. The molecule has 2 N–H and O–H groups in total. The third kappa shape index (κ3) is 3.95. The molecule has 23 heavy (non-hydrogen) atoms. The highest BCUT2D eigenvalue weighted by Crippen LogP contribution is 2.39. The third-order valence-electron chi connectivity index (χ3n) is 3.76. The van der Waals surface area contributed by atoms with Gasteiger partial charge in [0.25, 0.3) is 0 Å². The Labute approximate surface area is 147 Å². The van der Waals surface area contributed by atoms with Gasteiger partial charge < -0.3 is 15.4 Å². The average molecular weight is 347 g/mol. The van der Waals surface area contributed by atoms with Gasteiger partial charge in [-0.2, -0.15) is 0 Å². The number of para-hydroxylation sites is 1. The number of fused-ring (bicyclic) bond motifs is 1. The van der Waals surface area contributed by atoms with Gasteiger partial charge in [0.15, 0.2) is 5.11 Å². The molecular weight excluding hydrogens is 328 g/mol. The molecule has 0 saturated carbocycles. The lowest BCUT2D eigenvalue weighted by Crippen LogP contribution is -2.42. The molecule has 2 aromatic carbocycles. The molecule has 1 heterocycles. The topological polar surface area (TPSA) is 33.3 Å². The van der Waals surface area contributed by atoms with Gasteiger partial charge >= 0.3 is 0 Å². The van der Waals surface area contributed by atoms with Crippen molar-refractivity contribution in [2.75, 3.05) is 5.32 Å². The number of halogens is 1. The summed E-state index contributed by atoms with van der Waals surface area (Å²) in [7, 11) is 0. The van der Waals surface area contributed by atoms with Gasteiger partial charge in [-0.25, -0.2) is 0 Å². The summed E-state index contributed by atoms with van der Waals surface area (Å²) in [5, 5.41) is 7.83. The second kappa shape index (κ2) is 6.38. The Hall–Kier alpha value is -1.78. The van der Waals surface area contributed by atoms with Gasteiger partial charge in [0, 0.05) is 22.7 Å². The molecule has 0 unspecified atom stereocenters. The summed E-state index contributed by atoms with van der Waals surface area (Å²) in [5.41, 5.74) is 1.76. The smallest absolute Gasteiger partial charge is 0.171 e. The SMILES string of the molecule is CC1(C)C[C@H](NC(=S)Nc2cccc(Cl)c2)c2ccccc2O1. The molecule has 120 valence electrons. The fourth-order valence-electron chi connectivity index (χ4n) is 2.82. The second-order valence-corrected chi connectivity index (χ2v) is 7.11. The van der Waals surface area contributed by atoms with Gasteiger partial charge in [-0.05, 0) is 50.3 Å². The molecule has 0 bridgehead atoms. The molecule has 2 aromatic rings. The van der Waals surface area contributed by atoms with Crippen molar-refractivity contribution in [1.82, 2.24) is 5.32 Å².